The summed E-state index contributed by atoms with van der Waals surface area (Å²) in [6.07, 6.45) is 1.98. The van der Waals surface area contributed by atoms with Crippen LogP contribution < -0.4 is 10.6 Å². The highest BCUT2D eigenvalue weighted by Crippen LogP contribution is 2.30. The van der Waals surface area contributed by atoms with Gasteiger partial charge in [-0.2, -0.15) is 0 Å². The molecule has 158 valence electrons. The van der Waals surface area contributed by atoms with Gasteiger partial charge in [-0.1, -0.05) is 12.1 Å². The SMILES string of the molecule is CNC(=O)C1=C[N+]2=C3C(=NC=C(Cc4ccc(F)cc4)C3O1)C(O)=C(C(=O)NC)C2=O. The summed E-state index contributed by atoms with van der Waals surface area (Å²) in [6.45, 7) is 0. The van der Waals surface area contributed by atoms with Crippen LogP contribution >= 0.6 is 0 Å². The lowest BCUT2D eigenvalue weighted by atomic mass is 9.89. The molecule has 3 heterocycles. The molecule has 1 unspecified atom stereocenters. The minimum Gasteiger partial charge on any atom is -0.504 e. The zero-order chi connectivity index (χ0) is 22.3. The van der Waals surface area contributed by atoms with Crippen molar-refractivity contribution in [2.75, 3.05) is 14.1 Å². The third-order valence-electron chi connectivity index (χ3n) is 5.06. The van der Waals surface area contributed by atoms with E-state index in [0.717, 1.165) is 10.1 Å². The first-order valence-corrected chi connectivity index (χ1v) is 9.34. The first-order chi connectivity index (χ1) is 14.8. The van der Waals surface area contributed by atoms with Crippen molar-refractivity contribution in [2.24, 2.45) is 4.99 Å². The van der Waals surface area contributed by atoms with Gasteiger partial charge < -0.3 is 20.5 Å². The number of halogens is 1. The first kappa shape index (κ1) is 20.2. The quantitative estimate of drug-likeness (QED) is 0.472. The molecular weight excluding hydrogens is 407 g/mol. The third kappa shape index (κ3) is 3.31. The van der Waals surface area contributed by atoms with Gasteiger partial charge >= 0.3 is 5.91 Å². The number of carbonyl (C=O) groups excluding carboxylic acids is 3. The number of rotatable bonds is 4. The van der Waals surface area contributed by atoms with Crippen LogP contribution in [0.5, 0.6) is 0 Å². The van der Waals surface area contributed by atoms with Crippen molar-refractivity contribution in [3.05, 3.63) is 70.7 Å². The molecule has 31 heavy (non-hydrogen) atoms. The van der Waals surface area contributed by atoms with E-state index in [4.69, 9.17) is 4.74 Å². The zero-order valence-electron chi connectivity index (χ0n) is 16.6. The fourth-order valence-electron chi connectivity index (χ4n) is 3.53. The van der Waals surface area contributed by atoms with Crippen molar-refractivity contribution in [3.63, 3.8) is 0 Å². The van der Waals surface area contributed by atoms with Gasteiger partial charge in [-0.25, -0.2) is 14.2 Å². The minimum atomic E-state index is -0.924. The monoisotopic (exact) mass is 425 g/mol. The van der Waals surface area contributed by atoms with Crippen molar-refractivity contribution in [1.82, 2.24) is 10.6 Å². The second-order valence-electron chi connectivity index (χ2n) is 6.92. The molecule has 1 aromatic rings. The molecular formula is C21H18FN4O5+. The molecule has 3 amide bonds. The second kappa shape index (κ2) is 7.63. The first-order valence-electron chi connectivity index (χ1n) is 9.34. The van der Waals surface area contributed by atoms with Gasteiger partial charge in [0.1, 0.15) is 5.82 Å². The summed E-state index contributed by atoms with van der Waals surface area (Å²) in [7, 11) is 2.74. The van der Waals surface area contributed by atoms with E-state index in [2.05, 4.69) is 15.6 Å². The molecule has 0 fully saturated rings. The summed E-state index contributed by atoms with van der Waals surface area (Å²) >= 11 is 0. The van der Waals surface area contributed by atoms with E-state index < -0.39 is 35.2 Å². The van der Waals surface area contributed by atoms with Crippen molar-refractivity contribution in [1.29, 1.82) is 0 Å². The van der Waals surface area contributed by atoms with Crippen molar-refractivity contribution in [2.45, 2.75) is 12.5 Å². The maximum Gasteiger partial charge on any atom is 0.434 e. The fourth-order valence-corrected chi connectivity index (χ4v) is 3.53. The van der Waals surface area contributed by atoms with Crippen LogP contribution in [0.2, 0.25) is 0 Å². The molecule has 0 spiro atoms. The van der Waals surface area contributed by atoms with E-state index in [1.54, 1.807) is 12.1 Å². The van der Waals surface area contributed by atoms with Crippen LogP contribution in [0, 0.1) is 5.82 Å². The van der Waals surface area contributed by atoms with E-state index in [-0.39, 0.29) is 23.0 Å². The van der Waals surface area contributed by atoms with Gasteiger partial charge in [-0.05, 0) is 24.1 Å². The maximum atomic E-state index is 13.3. The highest BCUT2D eigenvalue weighted by molar-refractivity contribution is 6.52. The number of aliphatic hydroxyl groups is 1. The summed E-state index contributed by atoms with van der Waals surface area (Å²) in [6, 6.07) is 5.84. The van der Waals surface area contributed by atoms with Crippen LogP contribution in [-0.4, -0.2) is 59.0 Å². The second-order valence-corrected chi connectivity index (χ2v) is 6.92. The predicted molar refractivity (Wildman–Crippen MR) is 107 cm³/mol. The van der Waals surface area contributed by atoms with Crippen molar-refractivity contribution >= 4 is 29.1 Å². The molecule has 1 aromatic carbocycles. The number of hydrogen-bond donors (Lipinski definition) is 3. The Bertz CT molecular complexity index is 1170. The van der Waals surface area contributed by atoms with Crippen molar-refractivity contribution in [3.8, 4) is 0 Å². The molecule has 0 saturated carbocycles. The highest BCUT2D eigenvalue weighted by Gasteiger charge is 2.52. The molecule has 0 radical (unpaired) electrons. The lowest BCUT2D eigenvalue weighted by Crippen LogP contribution is -2.52. The van der Waals surface area contributed by atoms with Gasteiger partial charge in [-0.15, -0.1) is 4.58 Å². The minimum absolute atomic E-state index is 0.00161. The summed E-state index contributed by atoms with van der Waals surface area (Å²) < 4.78 is 20.2. The Balaban J connectivity index is 1.86. The van der Waals surface area contributed by atoms with Crippen LogP contribution in [0.4, 0.5) is 4.39 Å². The van der Waals surface area contributed by atoms with Crippen LogP contribution in [0.3, 0.4) is 0 Å². The molecule has 10 heteroatoms. The number of likely N-dealkylation sites (N-methyl/N-ethyl adjacent to an activating group) is 2. The van der Waals surface area contributed by atoms with Gasteiger partial charge in [0.05, 0.1) is 0 Å². The molecule has 4 rings (SSSR count). The fraction of sp³-hybridized carbons (Fsp3) is 0.190. The number of hydrogen-bond acceptors (Lipinski definition) is 6. The Morgan fingerprint density at radius 3 is 2.52 bits per heavy atom. The van der Waals surface area contributed by atoms with Crippen LogP contribution in [0.1, 0.15) is 5.56 Å². The lowest BCUT2D eigenvalue weighted by Gasteiger charge is -2.29. The Labute approximate surface area is 175 Å². The summed E-state index contributed by atoms with van der Waals surface area (Å²) in [5.41, 5.74) is 1.04. The summed E-state index contributed by atoms with van der Waals surface area (Å²) in [5, 5.41) is 15.4. The van der Waals surface area contributed by atoms with E-state index in [1.165, 1.54) is 38.6 Å². The molecule has 3 aliphatic rings. The number of amides is 3. The number of nitrogens with one attached hydrogen (secondary N) is 2. The molecule has 3 N–H and O–H groups in total. The largest absolute Gasteiger partial charge is 0.504 e. The van der Waals surface area contributed by atoms with Crippen LogP contribution in [-0.2, 0) is 25.5 Å². The van der Waals surface area contributed by atoms with E-state index in [0.29, 0.717) is 12.0 Å². The number of nitrogens with zero attached hydrogens (tertiary/aromatic N) is 2. The van der Waals surface area contributed by atoms with Crippen molar-refractivity contribution < 1.29 is 33.2 Å². The van der Waals surface area contributed by atoms with Gasteiger partial charge in [0.15, 0.2) is 17.0 Å². The molecule has 0 saturated heterocycles. The smallest absolute Gasteiger partial charge is 0.434 e. The molecule has 3 aliphatic heterocycles. The zero-order valence-corrected chi connectivity index (χ0v) is 16.6. The average molecular weight is 425 g/mol. The predicted octanol–water partition coefficient (Wildman–Crippen LogP) is 0.245. The van der Waals surface area contributed by atoms with Crippen LogP contribution in [0.15, 0.2) is 64.3 Å². The van der Waals surface area contributed by atoms with Gasteiger partial charge in [0.2, 0.25) is 12.3 Å². The standard InChI is InChI=1S/C21H17FN4O5/c1-23-19(28)13-9-26-16-15(17(27)14(21(26)30)20(29)24-2)25-8-11(18(16)31-13)7-10-3-5-12(22)6-4-10/h3-6,8-9,18H,7H2,1-2H3,(H2-,23,24,27,28,29,30)/p+1. The molecule has 9 nitrogen and oxygen atoms in total. The molecule has 1 atom stereocenters. The number of allylic oxidation sites excluding steroid dienone is 1. The van der Waals surface area contributed by atoms with Crippen LogP contribution in [0.25, 0.3) is 0 Å². The third-order valence-corrected chi connectivity index (χ3v) is 5.06. The summed E-state index contributed by atoms with van der Waals surface area (Å²) in [4.78, 5) is 41.8. The Morgan fingerprint density at radius 1 is 1.19 bits per heavy atom. The topological polar surface area (TPSA) is 120 Å². The van der Waals surface area contributed by atoms with Gasteiger partial charge in [-0.3, -0.25) is 9.59 Å². The number of carbonyl (C=O) groups is 3. The lowest BCUT2D eigenvalue weighted by molar-refractivity contribution is -0.385. The molecule has 0 aromatic heterocycles. The van der Waals surface area contributed by atoms with E-state index >= 15 is 0 Å². The maximum absolute atomic E-state index is 13.3. The number of benzene rings is 1. The Kier molecular flexibility index (Phi) is 4.97. The van der Waals surface area contributed by atoms with E-state index in [1.807, 2.05) is 0 Å². The summed E-state index contributed by atoms with van der Waals surface area (Å²) in [5.74, 6) is -3.27. The molecule has 0 bridgehead atoms. The van der Waals surface area contributed by atoms with Gasteiger partial charge in [0, 0.05) is 25.9 Å². The van der Waals surface area contributed by atoms with E-state index in [9.17, 15) is 23.9 Å². The molecule has 0 aliphatic carbocycles. The number of ether oxygens (including phenoxy) is 1. The number of aliphatic hydroxyl groups excluding tert-OH is 1. The normalized spacial score (nSPS) is 19.6. The average Bonchev–Trinajstić information content (AvgIpc) is 2.78. The highest BCUT2D eigenvalue weighted by atomic mass is 19.1. The number of aliphatic imine (C=N–C) groups is 1. The van der Waals surface area contributed by atoms with Gasteiger partial charge in [0.25, 0.3) is 23.3 Å². The Morgan fingerprint density at radius 2 is 1.87 bits per heavy atom. The Hall–Kier alpha value is -4.08.